The Balaban J connectivity index is 2.04. The van der Waals surface area contributed by atoms with Crippen molar-refractivity contribution in [1.82, 2.24) is 14.5 Å². The average molecular weight is 405 g/mol. The van der Waals surface area contributed by atoms with Crippen LogP contribution in [0.15, 0.2) is 35.1 Å². The van der Waals surface area contributed by atoms with Gasteiger partial charge in [0.05, 0.1) is 16.6 Å². The molecular weight excluding hydrogens is 387 g/mol. The lowest BCUT2D eigenvalue weighted by molar-refractivity contribution is -0.136. The lowest BCUT2D eigenvalue weighted by atomic mass is 10.00. The van der Waals surface area contributed by atoms with Crippen LogP contribution in [0.3, 0.4) is 0 Å². The van der Waals surface area contributed by atoms with Gasteiger partial charge in [-0.1, -0.05) is 38.1 Å². The van der Waals surface area contributed by atoms with Gasteiger partial charge < -0.3 is 0 Å². The van der Waals surface area contributed by atoms with Crippen LogP contribution in [0.4, 0.5) is 13.2 Å². The van der Waals surface area contributed by atoms with Crippen LogP contribution < -0.4 is 5.56 Å². The normalized spacial score (nSPS) is 14.8. The number of nitrogens with one attached hydrogen (secondary N) is 1. The fourth-order valence-electron chi connectivity index (χ4n) is 3.33. The molecular formula is C20H18F3N3OS. The highest BCUT2D eigenvalue weighted by molar-refractivity contribution is 7.71. The molecule has 4 nitrogen and oxygen atoms in total. The third kappa shape index (κ3) is 3.26. The fraction of sp³-hybridized carbons (Fsp3) is 0.350. The number of benzene rings is 1. The van der Waals surface area contributed by atoms with Crippen LogP contribution in [-0.2, 0) is 6.18 Å². The van der Waals surface area contributed by atoms with Crippen LogP contribution in [0.25, 0.3) is 22.3 Å². The molecule has 4 rings (SSSR count). The first kappa shape index (κ1) is 18.9. The summed E-state index contributed by atoms with van der Waals surface area (Å²) < 4.78 is 43.0. The Morgan fingerprint density at radius 3 is 2.39 bits per heavy atom. The minimum absolute atomic E-state index is 0.00555. The Hall–Kier alpha value is -2.48. The number of alkyl halides is 3. The molecule has 0 bridgehead atoms. The first-order chi connectivity index (χ1) is 13.2. The minimum atomic E-state index is -4.69. The van der Waals surface area contributed by atoms with Gasteiger partial charge in [-0.25, -0.2) is 4.98 Å². The maximum absolute atomic E-state index is 13.8. The van der Waals surface area contributed by atoms with Gasteiger partial charge in [0.1, 0.15) is 5.65 Å². The molecule has 2 aromatic heterocycles. The predicted octanol–water partition coefficient (Wildman–Crippen LogP) is 5.60. The summed E-state index contributed by atoms with van der Waals surface area (Å²) in [4.78, 5) is 19.2. The van der Waals surface area contributed by atoms with Crippen molar-refractivity contribution in [3.63, 3.8) is 0 Å². The molecule has 0 unspecified atom stereocenters. The lowest BCUT2D eigenvalue weighted by Crippen LogP contribution is -2.20. The van der Waals surface area contributed by atoms with Crippen LogP contribution >= 0.6 is 12.2 Å². The second-order valence-corrected chi connectivity index (χ2v) is 7.78. The zero-order valence-electron chi connectivity index (χ0n) is 15.3. The van der Waals surface area contributed by atoms with Crippen molar-refractivity contribution in [2.45, 2.75) is 44.8 Å². The predicted molar refractivity (Wildman–Crippen MR) is 104 cm³/mol. The van der Waals surface area contributed by atoms with Crippen molar-refractivity contribution < 1.29 is 13.2 Å². The van der Waals surface area contributed by atoms with E-state index >= 15 is 0 Å². The van der Waals surface area contributed by atoms with Gasteiger partial charge in [-0.3, -0.25) is 14.3 Å². The van der Waals surface area contributed by atoms with Gasteiger partial charge >= 0.3 is 6.18 Å². The maximum atomic E-state index is 13.8. The number of aromatic amines is 1. The lowest BCUT2D eigenvalue weighted by Gasteiger charge is -2.16. The summed E-state index contributed by atoms with van der Waals surface area (Å²) in [6.07, 6.45) is -3.09. The van der Waals surface area contributed by atoms with Crippen molar-refractivity contribution in [2.75, 3.05) is 0 Å². The van der Waals surface area contributed by atoms with Gasteiger partial charge in [-0.15, -0.1) is 0 Å². The number of hydrogen-bond acceptors (Lipinski definition) is 3. The number of rotatable bonds is 3. The van der Waals surface area contributed by atoms with E-state index < -0.39 is 22.7 Å². The standard InChI is InChI=1S/C20H18F3N3OS/c1-10(2)11-3-5-12(6-4-11)15-9-14(20(21,22)23)16-17(24-15)26(13-7-8-13)19(28)25-18(16)27/h3-6,9-10,13H,7-8H2,1-2H3,(H,25,27,28). The van der Waals surface area contributed by atoms with E-state index in [1.165, 1.54) is 0 Å². The van der Waals surface area contributed by atoms with E-state index in [-0.39, 0.29) is 22.2 Å². The highest BCUT2D eigenvalue weighted by atomic mass is 32.1. The number of pyridine rings is 1. The number of H-pyrrole nitrogens is 1. The van der Waals surface area contributed by atoms with Gasteiger partial charge in [-0.05, 0) is 42.6 Å². The number of aromatic nitrogens is 3. The smallest absolute Gasteiger partial charge is 0.299 e. The van der Waals surface area contributed by atoms with Crippen LogP contribution in [-0.4, -0.2) is 14.5 Å². The van der Waals surface area contributed by atoms with Gasteiger partial charge in [0.2, 0.25) is 0 Å². The summed E-state index contributed by atoms with van der Waals surface area (Å²) in [6, 6.07) is 8.19. The Morgan fingerprint density at radius 1 is 1.21 bits per heavy atom. The summed E-state index contributed by atoms with van der Waals surface area (Å²) in [5, 5.41) is -0.462. The van der Waals surface area contributed by atoms with Crippen molar-refractivity contribution in [3.8, 4) is 11.3 Å². The number of fused-ring (bicyclic) bond motifs is 1. The molecule has 1 N–H and O–H groups in total. The van der Waals surface area contributed by atoms with E-state index in [4.69, 9.17) is 12.2 Å². The molecule has 0 radical (unpaired) electrons. The summed E-state index contributed by atoms with van der Waals surface area (Å²) >= 11 is 5.21. The highest BCUT2D eigenvalue weighted by Gasteiger charge is 2.37. The molecule has 0 amide bonds. The number of halogens is 3. The molecule has 1 aliphatic rings. The molecule has 0 aliphatic heterocycles. The minimum Gasteiger partial charge on any atom is -0.299 e. The largest absolute Gasteiger partial charge is 0.417 e. The number of nitrogens with zero attached hydrogens (tertiary/aromatic N) is 2. The van der Waals surface area contributed by atoms with Crippen molar-refractivity contribution >= 4 is 23.3 Å². The topological polar surface area (TPSA) is 50.7 Å². The Kier molecular flexibility index (Phi) is 4.41. The van der Waals surface area contributed by atoms with E-state index in [0.717, 1.165) is 24.5 Å². The van der Waals surface area contributed by atoms with Crippen molar-refractivity contribution in [1.29, 1.82) is 0 Å². The molecule has 8 heteroatoms. The molecule has 1 fully saturated rings. The molecule has 3 aromatic rings. The molecule has 0 spiro atoms. The van der Waals surface area contributed by atoms with Crippen LogP contribution in [0.5, 0.6) is 0 Å². The number of hydrogen-bond donors (Lipinski definition) is 1. The quantitative estimate of drug-likeness (QED) is 0.577. The first-order valence-corrected chi connectivity index (χ1v) is 9.44. The van der Waals surface area contributed by atoms with Crippen LogP contribution in [0.1, 0.15) is 49.8 Å². The molecule has 28 heavy (non-hydrogen) atoms. The Morgan fingerprint density at radius 2 is 1.86 bits per heavy atom. The Labute approximate surface area is 164 Å². The maximum Gasteiger partial charge on any atom is 0.417 e. The summed E-state index contributed by atoms with van der Waals surface area (Å²) in [6.45, 7) is 4.09. The molecule has 146 valence electrons. The molecule has 0 atom stereocenters. The third-order valence-corrected chi connectivity index (χ3v) is 5.28. The van der Waals surface area contributed by atoms with Gasteiger partial charge in [0.15, 0.2) is 4.77 Å². The van der Waals surface area contributed by atoms with Gasteiger partial charge in [0, 0.05) is 11.6 Å². The second-order valence-electron chi connectivity index (χ2n) is 7.39. The summed E-state index contributed by atoms with van der Waals surface area (Å²) in [5.74, 6) is 0.308. The molecule has 0 saturated heterocycles. The highest BCUT2D eigenvalue weighted by Crippen LogP contribution is 2.40. The fourth-order valence-corrected chi connectivity index (χ4v) is 3.66. The first-order valence-electron chi connectivity index (χ1n) is 9.04. The van der Waals surface area contributed by atoms with E-state index in [1.54, 1.807) is 16.7 Å². The molecule has 1 aromatic carbocycles. The van der Waals surface area contributed by atoms with E-state index in [0.29, 0.717) is 11.5 Å². The van der Waals surface area contributed by atoms with E-state index in [9.17, 15) is 18.0 Å². The van der Waals surface area contributed by atoms with Crippen LogP contribution in [0.2, 0.25) is 0 Å². The molecule has 1 saturated carbocycles. The van der Waals surface area contributed by atoms with Gasteiger partial charge in [-0.2, -0.15) is 13.2 Å². The Bertz CT molecular complexity index is 1170. The molecule has 1 aliphatic carbocycles. The monoisotopic (exact) mass is 405 g/mol. The SMILES string of the molecule is CC(C)c1ccc(-c2cc(C(F)(F)F)c3c(=O)[nH]c(=S)n(C4CC4)c3n2)cc1. The van der Waals surface area contributed by atoms with Crippen molar-refractivity contribution in [2.24, 2.45) is 0 Å². The van der Waals surface area contributed by atoms with Crippen molar-refractivity contribution in [3.05, 3.63) is 56.6 Å². The zero-order chi connectivity index (χ0) is 20.2. The second kappa shape index (κ2) is 6.55. The molecule has 2 heterocycles. The third-order valence-electron chi connectivity index (χ3n) is 4.99. The van der Waals surface area contributed by atoms with E-state index in [2.05, 4.69) is 9.97 Å². The summed E-state index contributed by atoms with van der Waals surface area (Å²) in [7, 11) is 0. The van der Waals surface area contributed by atoms with E-state index in [1.807, 2.05) is 26.0 Å². The summed E-state index contributed by atoms with van der Waals surface area (Å²) in [5.41, 5.74) is -0.0497. The van der Waals surface area contributed by atoms with Crippen LogP contribution in [0, 0.1) is 4.77 Å². The zero-order valence-corrected chi connectivity index (χ0v) is 16.1. The average Bonchev–Trinajstić information content (AvgIpc) is 3.45. The van der Waals surface area contributed by atoms with Gasteiger partial charge in [0.25, 0.3) is 5.56 Å².